The highest BCUT2D eigenvalue weighted by atomic mass is 32.1. The maximum atomic E-state index is 4.62. The van der Waals surface area contributed by atoms with Crippen molar-refractivity contribution in [2.45, 2.75) is 45.6 Å². The van der Waals surface area contributed by atoms with Crippen molar-refractivity contribution in [3.8, 4) is 0 Å². The number of anilines is 1. The van der Waals surface area contributed by atoms with Crippen LogP contribution in [-0.4, -0.2) is 10.5 Å². The zero-order chi connectivity index (χ0) is 10.3. The molecule has 1 fully saturated rings. The highest BCUT2D eigenvalue weighted by Gasteiger charge is 2.35. The molecule has 1 saturated carbocycles. The first kappa shape index (κ1) is 9.97. The van der Waals surface area contributed by atoms with E-state index in [-0.39, 0.29) is 5.54 Å². The lowest BCUT2D eigenvalue weighted by Gasteiger charge is -2.19. The van der Waals surface area contributed by atoms with Gasteiger partial charge < -0.3 is 5.32 Å². The number of nitrogens with one attached hydrogen (secondary N) is 1. The van der Waals surface area contributed by atoms with Crippen LogP contribution in [0.1, 0.15) is 45.7 Å². The zero-order valence-corrected chi connectivity index (χ0v) is 10.1. The third-order valence-corrected chi connectivity index (χ3v) is 3.27. The predicted octanol–water partition coefficient (Wildman–Crippen LogP) is 3.48. The van der Waals surface area contributed by atoms with E-state index in [1.165, 1.54) is 12.1 Å². The molecule has 0 bridgehead atoms. The zero-order valence-electron chi connectivity index (χ0n) is 9.29. The Kier molecular flexibility index (Phi) is 2.30. The Morgan fingerprint density at radius 1 is 1.50 bits per heavy atom. The number of nitrogens with zero attached hydrogens (tertiary/aromatic N) is 1. The fourth-order valence-corrected chi connectivity index (χ4v) is 2.55. The first-order chi connectivity index (χ1) is 6.46. The Balaban J connectivity index is 2.03. The molecule has 1 aliphatic carbocycles. The van der Waals surface area contributed by atoms with E-state index < -0.39 is 0 Å². The number of hydrogen-bond donors (Lipinski definition) is 1. The first-order valence-electron chi connectivity index (χ1n) is 5.19. The van der Waals surface area contributed by atoms with Crippen LogP contribution in [0.4, 0.5) is 5.13 Å². The van der Waals surface area contributed by atoms with Crippen LogP contribution >= 0.6 is 11.3 Å². The summed E-state index contributed by atoms with van der Waals surface area (Å²) in [6, 6.07) is 0. The molecule has 0 aromatic carbocycles. The van der Waals surface area contributed by atoms with Crippen molar-refractivity contribution in [3.05, 3.63) is 11.1 Å². The van der Waals surface area contributed by atoms with E-state index in [0.717, 1.165) is 17.0 Å². The second kappa shape index (κ2) is 3.23. The maximum absolute atomic E-state index is 4.62. The standard InChI is InChI=1S/C11H18N2S/c1-7-5-8(7)9-6-14-10(12-9)13-11(2,3)4/h6-8H,5H2,1-4H3,(H,12,13). The van der Waals surface area contributed by atoms with Crippen LogP contribution in [0, 0.1) is 5.92 Å². The second-order valence-corrected chi connectivity index (χ2v) is 6.13. The van der Waals surface area contributed by atoms with Gasteiger partial charge in [-0.1, -0.05) is 6.92 Å². The predicted molar refractivity (Wildman–Crippen MR) is 62.0 cm³/mol. The summed E-state index contributed by atoms with van der Waals surface area (Å²) < 4.78 is 0. The van der Waals surface area contributed by atoms with Crippen molar-refractivity contribution in [2.75, 3.05) is 5.32 Å². The molecule has 3 heteroatoms. The van der Waals surface area contributed by atoms with Gasteiger partial charge >= 0.3 is 0 Å². The van der Waals surface area contributed by atoms with Gasteiger partial charge in [0.15, 0.2) is 5.13 Å². The fraction of sp³-hybridized carbons (Fsp3) is 0.727. The number of rotatable bonds is 2. The molecule has 0 aliphatic heterocycles. The SMILES string of the molecule is CC1CC1c1csc(NC(C)(C)C)n1. The van der Waals surface area contributed by atoms with Crippen molar-refractivity contribution in [2.24, 2.45) is 5.92 Å². The van der Waals surface area contributed by atoms with Gasteiger partial charge in [-0.25, -0.2) is 4.98 Å². The van der Waals surface area contributed by atoms with Crippen LogP contribution in [0.15, 0.2) is 5.38 Å². The Labute approximate surface area is 89.8 Å². The molecule has 1 aliphatic rings. The summed E-state index contributed by atoms with van der Waals surface area (Å²) in [4.78, 5) is 4.62. The molecular formula is C11H18N2S. The van der Waals surface area contributed by atoms with Gasteiger partial charge in [-0.05, 0) is 33.1 Å². The van der Waals surface area contributed by atoms with Crippen molar-refractivity contribution >= 4 is 16.5 Å². The molecule has 2 unspecified atom stereocenters. The Morgan fingerprint density at radius 2 is 2.14 bits per heavy atom. The van der Waals surface area contributed by atoms with E-state index in [0.29, 0.717) is 0 Å². The van der Waals surface area contributed by atoms with E-state index in [1.54, 1.807) is 11.3 Å². The quantitative estimate of drug-likeness (QED) is 0.808. The minimum Gasteiger partial charge on any atom is -0.357 e. The lowest BCUT2D eigenvalue weighted by Crippen LogP contribution is -2.25. The lowest BCUT2D eigenvalue weighted by atomic mass is 10.1. The highest BCUT2D eigenvalue weighted by Crippen LogP contribution is 2.47. The summed E-state index contributed by atoms with van der Waals surface area (Å²) in [5, 5.41) is 6.66. The van der Waals surface area contributed by atoms with Gasteiger partial charge in [0, 0.05) is 16.8 Å². The summed E-state index contributed by atoms with van der Waals surface area (Å²) in [5.74, 6) is 1.58. The molecule has 1 N–H and O–H groups in total. The van der Waals surface area contributed by atoms with Gasteiger partial charge in [0.1, 0.15) is 0 Å². The van der Waals surface area contributed by atoms with E-state index in [4.69, 9.17) is 0 Å². The highest BCUT2D eigenvalue weighted by molar-refractivity contribution is 7.13. The van der Waals surface area contributed by atoms with Gasteiger partial charge in [-0.3, -0.25) is 0 Å². The summed E-state index contributed by atoms with van der Waals surface area (Å²) in [6.07, 6.45) is 1.32. The van der Waals surface area contributed by atoms with Crippen LogP contribution in [0.2, 0.25) is 0 Å². The van der Waals surface area contributed by atoms with Crippen LogP contribution in [-0.2, 0) is 0 Å². The summed E-state index contributed by atoms with van der Waals surface area (Å²) >= 11 is 1.72. The summed E-state index contributed by atoms with van der Waals surface area (Å²) in [5.41, 5.74) is 1.40. The number of aromatic nitrogens is 1. The largest absolute Gasteiger partial charge is 0.357 e. The molecular weight excluding hydrogens is 192 g/mol. The molecule has 1 heterocycles. The average Bonchev–Trinajstić information content (AvgIpc) is 2.58. The normalized spacial score (nSPS) is 26.3. The molecule has 2 atom stereocenters. The fourth-order valence-electron chi connectivity index (χ4n) is 1.57. The first-order valence-corrected chi connectivity index (χ1v) is 6.07. The van der Waals surface area contributed by atoms with Crippen molar-refractivity contribution in [1.82, 2.24) is 4.98 Å². The molecule has 0 amide bonds. The molecule has 0 spiro atoms. The molecule has 78 valence electrons. The topological polar surface area (TPSA) is 24.9 Å². The van der Waals surface area contributed by atoms with E-state index in [2.05, 4.69) is 43.4 Å². The molecule has 2 rings (SSSR count). The van der Waals surface area contributed by atoms with E-state index in [1.807, 2.05) is 0 Å². The maximum Gasteiger partial charge on any atom is 0.183 e. The van der Waals surface area contributed by atoms with E-state index >= 15 is 0 Å². The van der Waals surface area contributed by atoms with Gasteiger partial charge in [0.2, 0.25) is 0 Å². The molecule has 0 saturated heterocycles. The minimum absolute atomic E-state index is 0.115. The molecule has 0 radical (unpaired) electrons. The number of thiazole rings is 1. The van der Waals surface area contributed by atoms with Gasteiger partial charge in [0.25, 0.3) is 0 Å². The smallest absolute Gasteiger partial charge is 0.183 e. The van der Waals surface area contributed by atoms with Crippen LogP contribution in [0.5, 0.6) is 0 Å². The monoisotopic (exact) mass is 210 g/mol. The Morgan fingerprint density at radius 3 is 2.64 bits per heavy atom. The lowest BCUT2D eigenvalue weighted by molar-refractivity contribution is 0.632. The van der Waals surface area contributed by atoms with Crippen molar-refractivity contribution in [1.29, 1.82) is 0 Å². The molecule has 14 heavy (non-hydrogen) atoms. The third kappa shape index (κ3) is 2.27. The molecule has 1 aromatic heterocycles. The van der Waals surface area contributed by atoms with Crippen LogP contribution in [0.25, 0.3) is 0 Å². The van der Waals surface area contributed by atoms with Gasteiger partial charge in [-0.2, -0.15) is 0 Å². The molecule has 2 nitrogen and oxygen atoms in total. The van der Waals surface area contributed by atoms with Crippen LogP contribution < -0.4 is 5.32 Å². The van der Waals surface area contributed by atoms with Gasteiger partial charge in [0.05, 0.1) is 5.69 Å². The van der Waals surface area contributed by atoms with Crippen molar-refractivity contribution < 1.29 is 0 Å². The summed E-state index contributed by atoms with van der Waals surface area (Å²) in [6.45, 7) is 8.77. The van der Waals surface area contributed by atoms with Crippen LogP contribution in [0.3, 0.4) is 0 Å². The van der Waals surface area contributed by atoms with Crippen molar-refractivity contribution in [3.63, 3.8) is 0 Å². The molecule has 1 aromatic rings. The third-order valence-electron chi connectivity index (χ3n) is 2.49. The second-order valence-electron chi connectivity index (χ2n) is 5.27. The Hall–Kier alpha value is -0.570. The average molecular weight is 210 g/mol. The summed E-state index contributed by atoms with van der Waals surface area (Å²) in [7, 11) is 0. The number of hydrogen-bond acceptors (Lipinski definition) is 3. The van der Waals surface area contributed by atoms with Gasteiger partial charge in [-0.15, -0.1) is 11.3 Å². The minimum atomic E-state index is 0.115. The van der Waals surface area contributed by atoms with E-state index in [9.17, 15) is 0 Å². The Bertz CT molecular complexity index is 324.